The second-order valence-corrected chi connectivity index (χ2v) is 8.76. The lowest BCUT2D eigenvalue weighted by Gasteiger charge is -2.30. The molecule has 0 spiro atoms. The maximum atomic E-state index is 12.4. The standard InChI is InChI=1S/C15H27N3O4S/c1-10(2)8-15(4,9-16)17-14(19)12-7-13(11(3)22-12)23(20,21)18(5)6/h7,10H,8-9,16H2,1-6H3,(H,17,19). The number of aryl methyl sites for hydroxylation is 1. The number of rotatable bonds is 7. The molecule has 0 aliphatic heterocycles. The van der Waals surface area contributed by atoms with Gasteiger partial charge in [-0.2, -0.15) is 0 Å². The summed E-state index contributed by atoms with van der Waals surface area (Å²) in [5, 5.41) is 2.85. The van der Waals surface area contributed by atoms with Crippen molar-refractivity contribution in [2.75, 3.05) is 20.6 Å². The average Bonchev–Trinajstić information content (AvgIpc) is 2.80. The highest BCUT2D eigenvalue weighted by molar-refractivity contribution is 7.89. The van der Waals surface area contributed by atoms with Gasteiger partial charge in [-0.15, -0.1) is 0 Å². The van der Waals surface area contributed by atoms with Gasteiger partial charge in [-0.05, 0) is 26.2 Å². The van der Waals surface area contributed by atoms with Gasteiger partial charge >= 0.3 is 0 Å². The number of carbonyl (C=O) groups excluding carboxylic acids is 1. The number of amides is 1. The first kappa shape index (κ1) is 19.7. The Kier molecular flexibility index (Phi) is 6.00. The van der Waals surface area contributed by atoms with Crippen LogP contribution in [0.3, 0.4) is 0 Å². The minimum absolute atomic E-state index is 0.00837. The first-order valence-electron chi connectivity index (χ1n) is 7.48. The molecule has 1 aromatic heterocycles. The molecule has 1 atom stereocenters. The molecule has 23 heavy (non-hydrogen) atoms. The van der Waals surface area contributed by atoms with Crippen molar-refractivity contribution in [3.8, 4) is 0 Å². The van der Waals surface area contributed by atoms with E-state index in [4.69, 9.17) is 10.2 Å². The third-order valence-electron chi connectivity index (χ3n) is 3.58. The Morgan fingerprint density at radius 3 is 2.43 bits per heavy atom. The van der Waals surface area contributed by atoms with Crippen LogP contribution in [0.25, 0.3) is 0 Å². The zero-order valence-corrected chi connectivity index (χ0v) is 15.5. The summed E-state index contributed by atoms with van der Waals surface area (Å²) in [5.41, 5.74) is 5.20. The molecule has 0 saturated heterocycles. The van der Waals surface area contributed by atoms with Crippen molar-refractivity contribution in [3.63, 3.8) is 0 Å². The first-order valence-corrected chi connectivity index (χ1v) is 8.92. The average molecular weight is 345 g/mol. The Morgan fingerprint density at radius 2 is 2.00 bits per heavy atom. The van der Waals surface area contributed by atoms with Crippen molar-refractivity contribution in [3.05, 3.63) is 17.6 Å². The Balaban J connectivity index is 3.07. The van der Waals surface area contributed by atoms with Crippen LogP contribution in [0.1, 0.15) is 43.5 Å². The van der Waals surface area contributed by atoms with E-state index >= 15 is 0 Å². The van der Waals surface area contributed by atoms with Crippen LogP contribution in [0.15, 0.2) is 15.4 Å². The van der Waals surface area contributed by atoms with E-state index in [-0.39, 0.29) is 23.0 Å². The van der Waals surface area contributed by atoms with Crippen molar-refractivity contribution < 1.29 is 17.6 Å². The second-order valence-electron chi connectivity index (χ2n) is 6.64. The summed E-state index contributed by atoms with van der Waals surface area (Å²) in [5.74, 6) is 0.0299. The van der Waals surface area contributed by atoms with E-state index < -0.39 is 21.5 Å². The summed E-state index contributed by atoms with van der Waals surface area (Å²) >= 11 is 0. The fourth-order valence-electron chi connectivity index (χ4n) is 2.45. The van der Waals surface area contributed by atoms with Crippen LogP contribution in [0.2, 0.25) is 0 Å². The summed E-state index contributed by atoms with van der Waals surface area (Å²) in [6, 6.07) is 1.26. The van der Waals surface area contributed by atoms with E-state index in [9.17, 15) is 13.2 Å². The number of carbonyl (C=O) groups is 1. The van der Waals surface area contributed by atoms with Gasteiger partial charge < -0.3 is 15.5 Å². The minimum atomic E-state index is -3.65. The van der Waals surface area contributed by atoms with Crippen LogP contribution in [-0.4, -0.2) is 44.8 Å². The third-order valence-corrected chi connectivity index (χ3v) is 5.50. The lowest BCUT2D eigenvalue weighted by atomic mass is 9.90. The van der Waals surface area contributed by atoms with Crippen LogP contribution in [0, 0.1) is 12.8 Å². The SMILES string of the molecule is Cc1oc(C(=O)NC(C)(CN)CC(C)C)cc1S(=O)(=O)N(C)C. The highest BCUT2D eigenvalue weighted by atomic mass is 32.2. The molecule has 132 valence electrons. The molecule has 3 N–H and O–H groups in total. The number of furan rings is 1. The van der Waals surface area contributed by atoms with Gasteiger partial charge in [0.1, 0.15) is 10.7 Å². The van der Waals surface area contributed by atoms with Crippen LogP contribution in [0.5, 0.6) is 0 Å². The quantitative estimate of drug-likeness (QED) is 0.775. The smallest absolute Gasteiger partial charge is 0.287 e. The number of hydrogen-bond acceptors (Lipinski definition) is 5. The zero-order chi connectivity index (χ0) is 18.0. The maximum absolute atomic E-state index is 12.4. The molecule has 8 heteroatoms. The largest absolute Gasteiger partial charge is 0.455 e. The third kappa shape index (κ3) is 4.55. The molecule has 7 nitrogen and oxygen atoms in total. The van der Waals surface area contributed by atoms with Crippen LogP contribution in [-0.2, 0) is 10.0 Å². The van der Waals surface area contributed by atoms with E-state index in [2.05, 4.69) is 5.32 Å². The molecular formula is C15H27N3O4S. The first-order chi connectivity index (χ1) is 10.4. The number of sulfonamides is 1. The van der Waals surface area contributed by atoms with Crippen LogP contribution in [0.4, 0.5) is 0 Å². The molecule has 0 aliphatic carbocycles. The van der Waals surface area contributed by atoms with E-state index in [1.54, 1.807) is 0 Å². The normalized spacial score (nSPS) is 15.0. The highest BCUT2D eigenvalue weighted by Gasteiger charge is 2.30. The lowest BCUT2D eigenvalue weighted by molar-refractivity contribution is 0.0868. The topological polar surface area (TPSA) is 106 Å². The molecule has 0 fully saturated rings. The zero-order valence-electron chi connectivity index (χ0n) is 14.6. The highest BCUT2D eigenvalue weighted by Crippen LogP contribution is 2.23. The lowest BCUT2D eigenvalue weighted by Crippen LogP contribution is -2.52. The Labute approximate surface area is 138 Å². The van der Waals surface area contributed by atoms with Crippen LogP contribution < -0.4 is 11.1 Å². The van der Waals surface area contributed by atoms with Gasteiger partial charge in [0.15, 0.2) is 5.76 Å². The fourth-order valence-corrected chi connectivity index (χ4v) is 3.51. The summed E-state index contributed by atoms with van der Waals surface area (Å²) in [6.45, 7) is 7.73. The molecular weight excluding hydrogens is 318 g/mol. The van der Waals surface area contributed by atoms with Gasteiger partial charge in [-0.1, -0.05) is 13.8 Å². The van der Waals surface area contributed by atoms with E-state index in [1.165, 1.54) is 27.1 Å². The van der Waals surface area contributed by atoms with Gasteiger partial charge in [-0.25, -0.2) is 12.7 Å². The second kappa shape index (κ2) is 7.02. The van der Waals surface area contributed by atoms with Gasteiger partial charge in [0.2, 0.25) is 10.0 Å². The summed E-state index contributed by atoms with van der Waals surface area (Å²) in [4.78, 5) is 12.4. The van der Waals surface area contributed by atoms with Crippen molar-refractivity contribution in [1.29, 1.82) is 0 Å². The molecule has 1 rings (SSSR count). The van der Waals surface area contributed by atoms with Gasteiger partial charge in [0.25, 0.3) is 5.91 Å². The van der Waals surface area contributed by atoms with Crippen molar-refractivity contribution in [2.45, 2.75) is 44.6 Å². The van der Waals surface area contributed by atoms with Crippen molar-refractivity contribution in [1.82, 2.24) is 9.62 Å². The van der Waals surface area contributed by atoms with Gasteiger partial charge in [-0.3, -0.25) is 4.79 Å². The molecule has 1 heterocycles. The molecule has 0 aliphatic rings. The van der Waals surface area contributed by atoms with E-state index in [0.29, 0.717) is 12.3 Å². The number of nitrogens with two attached hydrogens (primary N) is 1. The van der Waals surface area contributed by atoms with Crippen LogP contribution >= 0.6 is 0 Å². The fraction of sp³-hybridized carbons (Fsp3) is 0.667. The van der Waals surface area contributed by atoms with Gasteiger partial charge in [0.05, 0.1) is 5.54 Å². The maximum Gasteiger partial charge on any atom is 0.287 e. The Hall–Kier alpha value is -1.38. The molecule has 1 amide bonds. The summed E-state index contributed by atoms with van der Waals surface area (Å²) in [7, 11) is -0.801. The molecule has 0 bridgehead atoms. The monoisotopic (exact) mass is 345 g/mol. The molecule has 0 radical (unpaired) electrons. The minimum Gasteiger partial charge on any atom is -0.455 e. The number of nitrogens with zero attached hydrogens (tertiary/aromatic N) is 1. The Bertz CT molecular complexity index is 664. The molecule has 1 aromatic rings. The number of hydrogen-bond donors (Lipinski definition) is 2. The summed E-state index contributed by atoms with van der Waals surface area (Å²) < 4.78 is 30.8. The molecule has 1 unspecified atom stereocenters. The number of nitrogens with one attached hydrogen (secondary N) is 1. The predicted octanol–water partition coefficient (Wildman–Crippen LogP) is 1.33. The molecule has 0 saturated carbocycles. The van der Waals surface area contributed by atoms with E-state index in [1.807, 2.05) is 20.8 Å². The Morgan fingerprint density at radius 1 is 1.43 bits per heavy atom. The summed E-state index contributed by atoms with van der Waals surface area (Å²) in [6.07, 6.45) is 0.706. The molecule has 0 aromatic carbocycles. The van der Waals surface area contributed by atoms with Crippen molar-refractivity contribution >= 4 is 15.9 Å². The predicted molar refractivity (Wildman–Crippen MR) is 88.7 cm³/mol. The van der Waals surface area contributed by atoms with Gasteiger partial charge in [0, 0.05) is 26.7 Å². The van der Waals surface area contributed by atoms with E-state index in [0.717, 1.165) is 4.31 Å². The van der Waals surface area contributed by atoms with Crippen molar-refractivity contribution in [2.24, 2.45) is 11.7 Å².